The highest BCUT2D eigenvalue weighted by Gasteiger charge is 2.19. The van der Waals surface area contributed by atoms with Crippen molar-refractivity contribution in [3.8, 4) is 0 Å². The maximum Gasteiger partial charge on any atom is 0.328 e. The van der Waals surface area contributed by atoms with Gasteiger partial charge in [-0.15, -0.1) is 6.58 Å². The lowest BCUT2D eigenvalue weighted by Crippen LogP contribution is -2.44. The molecular weight excluding hydrogens is 312 g/mol. The van der Waals surface area contributed by atoms with E-state index in [2.05, 4.69) is 17.2 Å². The van der Waals surface area contributed by atoms with Gasteiger partial charge in [-0.1, -0.05) is 18.2 Å². The van der Waals surface area contributed by atoms with Gasteiger partial charge in [0.05, 0.1) is 13.2 Å². The van der Waals surface area contributed by atoms with Crippen molar-refractivity contribution in [3.05, 3.63) is 48.0 Å². The van der Waals surface area contributed by atoms with E-state index in [4.69, 9.17) is 9.84 Å². The summed E-state index contributed by atoms with van der Waals surface area (Å²) in [5.41, 5.74) is 1.33. The lowest BCUT2D eigenvalue weighted by Gasteiger charge is -2.14. The topological polar surface area (TPSA) is 105 Å². The molecule has 0 spiro atoms. The van der Waals surface area contributed by atoms with Crippen LogP contribution >= 0.6 is 0 Å². The molecule has 1 atom stereocenters. The van der Waals surface area contributed by atoms with Gasteiger partial charge < -0.3 is 20.5 Å². The number of carbonyl (C=O) groups excluding carboxylic acids is 2. The molecular formula is C17H22N2O5. The Morgan fingerprint density at radius 1 is 1.38 bits per heavy atom. The van der Waals surface area contributed by atoms with Crippen molar-refractivity contribution in [1.82, 2.24) is 10.6 Å². The molecule has 2 amide bonds. The quantitative estimate of drug-likeness (QED) is 0.433. The van der Waals surface area contributed by atoms with Crippen molar-refractivity contribution in [2.24, 2.45) is 0 Å². The molecule has 1 rings (SSSR count). The first-order valence-corrected chi connectivity index (χ1v) is 7.49. The van der Waals surface area contributed by atoms with Crippen LogP contribution in [0.25, 0.3) is 0 Å². The first kappa shape index (κ1) is 19.4. The summed E-state index contributed by atoms with van der Waals surface area (Å²) >= 11 is 0. The van der Waals surface area contributed by atoms with Gasteiger partial charge in [0.25, 0.3) is 5.91 Å². The molecule has 1 unspecified atom stereocenters. The highest BCUT2D eigenvalue weighted by Crippen LogP contribution is 2.08. The number of aliphatic carboxylic acids is 1. The number of rotatable bonds is 10. The summed E-state index contributed by atoms with van der Waals surface area (Å²) in [5, 5.41) is 14.0. The second-order valence-corrected chi connectivity index (χ2v) is 5.06. The molecule has 1 aromatic rings. The summed E-state index contributed by atoms with van der Waals surface area (Å²) in [7, 11) is 1.54. The maximum absolute atomic E-state index is 11.9. The van der Waals surface area contributed by atoms with E-state index >= 15 is 0 Å². The van der Waals surface area contributed by atoms with E-state index in [1.54, 1.807) is 25.2 Å². The van der Waals surface area contributed by atoms with Crippen LogP contribution in [0.1, 0.15) is 22.3 Å². The lowest BCUT2D eigenvalue weighted by atomic mass is 10.1. The Hall–Kier alpha value is -2.67. The molecule has 0 aliphatic heterocycles. The van der Waals surface area contributed by atoms with E-state index in [9.17, 15) is 14.4 Å². The van der Waals surface area contributed by atoms with Crippen molar-refractivity contribution in [1.29, 1.82) is 0 Å². The zero-order chi connectivity index (χ0) is 17.9. The van der Waals surface area contributed by atoms with Gasteiger partial charge in [-0.3, -0.25) is 9.59 Å². The van der Waals surface area contributed by atoms with E-state index in [0.717, 1.165) is 5.56 Å². The third-order valence-corrected chi connectivity index (χ3v) is 3.21. The Morgan fingerprint density at radius 3 is 2.75 bits per heavy atom. The normalized spacial score (nSPS) is 11.4. The second-order valence-electron chi connectivity index (χ2n) is 5.06. The lowest BCUT2D eigenvalue weighted by molar-refractivity contribution is -0.143. The Kier molecular flexibility index (Phi) is 8.21. The Labute approximate surface area is 140 Å². The molecule has 3 N–H and O–H groups in total. The van der Waals surface area contributed by atoms with Crippen molar-refractivity contribution in [3.63, 3.8) is 0 Å². The van der Waals surface area contributed by atoms with E-state index in [1.807, 2.05) is 6.07 Å². The third kappa shape index (κ3) is 6.62. The summed E-state index contributed by atoms with van der Waals surface area (Å²) in [5.74, 6) is -1.75. The molecule has 7 heteroatoms. The van der Waals surface area contributed by atoms with Crippen LogP contribution in [-0.2, 0) is 20.7 Å². The standard InChI is InChI=1S/C17H22N2O5/c1-3-9-24-11-14(17(22)23)19-15(20)8-7-12-5-4-6-13(10-12)16(21)18-2/h3-6,10,14H,1,7-9,11H2,2H3,(H,18,21)(H,19,20)(H,22,23). The number of hydrogen-bond donors (Lipinski definition) is 3. The summed E-state index contributed by atoms with van der Waals surface area (Å²) in [6, 6.07) is 5.82. The number of amides is 2. The molecule has 7 nitrogen and oxygen atoms in total. The molecule has 0 radical (unpaired) electrons. The summed E-state index contributed by atoms with van der Waals surface area (Å²) < 4.78 is 5.07. The van der Waals surface area contributed by atoms with Crippen LogP contribution in [0.4, 0.5) is 0 Å². The van der Waals surface area contributed by atoms with E-state index in [1.165, 1.54) is 6.08 Å². The first-order valence-electron chi connectivity index (χ1n) is 7.49. The van der Waals surface area contributed by atoms with Crippen LogP contribution in [-0.4, -0.2) is 49.2 Å². The van der Waals surface area contributed by atoms with Crippen molar-refractivity contribution in [2.45, 2.75) is 18.9 Å². The number of aryl methyl sites for hydroxylation is 1. The molecule has 0 heterocycles. The first-order chi connectivity index (χ1) is 11.5. The van der Waals surface area contributed by atoms with Crippen LogP contribution in [0.15, 0.2) is 36.9 Å². The molecule has 130 valence electrons. The number of carboxylic acid groups (broad SMARTS) is 1. The second kappa shape index (κ2) is 10.2. The highest BCUT2D eigenvalue weighted by atomic mass is 16.5. The summed E-state index contributed by atoms with van der Waals surface area (Å²) in [6.45, 7) is 3.55. The molecule has 0 saturated heterocycles. The van der Waals surface area contributed by atoms with Gasteiger partial charge in [0, 0.05) is 19.0 Å². The zero-order valence-electron chi connectivity index (χ0n) is 13.6. The number of nitrogens with one attached hydrogen (secondary N) is 2. The summed E-state index contributed by atoms with van der Waals surface area (Å²) in [4.78, 5) is 34.6. The zero-order valence-corrected chi connectivity index (χ0v) is 13.6. The summed E-state index contributed by atoms with van der Waals surface area (Å²) in [6.07, 6.45) is 2.01. The largest absolute Gasteiger partial charge is 0.480 e. The highest BCUT2D eigenvalue weighted by molar-refractivity contribution is 5.94. The van der Waals surface area contributed by atoms with Gasteiger partial charge in [-0.25, -0.2) is 4.79 Å². The van der Waals surface area contributed by atoms with Gasteiger partial charge in [0.2, 0.25) is 5.91 Å². The van der Waals surface area contributed by atoms with E-state index < -0.39 is 17.9 Å². The Morgan fingerprint density at radius 2 is 2.12 bits per heavy atom. The molecule has 24 heavy (non-hydrogen) atoms. The number of hydrogen-bond acceptors (Lipinski definition) is 4. The van der Waals surface area contributed by atoms with Crippen LogP contribution in [0.2, 0.25) is 0 Å². The molecule has 0 aliphatic carbocycles. The fourth-order valence-corrected chi connectivity index (χ4v) is 1.98. The average Bonchev–Trinajstić information content (AvgIpc) is 2.58. The van der Waals surface area contributed by atoms with Crippen LogP contribution in [0.3, 0.4) is 0 Å². The molecule has 0 bridgehead atoms. The number of benzene rings is 1. The predicted octanol–water partition coefficient (Wildman–Crippen LogP) is 0.751. The van der Waals surface area contributed by atoms with Crippen molar-refractivity contribution < 1.29 is 24.2 Å². The molecule has 0 fully saturated rings. The fourth-order valence-electron chi connectivity index (χ4n) is 1.98. The van der Waals surface area contributed by atoms with Gasteiger partial charge in [-0.2, -0.15) is 0 Å². The molecule has 1 aromatic carbocycles. The molecule has 0 aliphatic rings. The van der Waals surface area contributed by atoms with Gasteiger partial charge in [0.1, 0.15) is 0 Å². The average molecular weight is 334 g/mol. The Balaban J connectivity index is 2.54. The van der Waals surface area contributed by atoms with Crippen LogP contribution in [0, 0.1) is 0 Å². The fraction of sp³-hybridized carbons (Fsp3) is 0.353. The number of ether oxygens (including phenoxy) is 1. The third-order valence-electron chi connectivity index (χ3n) is 3.21. The SMILES string of the molecule is C=CCOCC(NC(=O)CCc1cccc(C(=O)NC)c1)C(=O)O. The molecule has 0 aromatic heterocycles. The van der Waals surface area contributed by atoms with Gasteiger partial charge in [0.15, 0.2) is 6.04 Å². The number of carboxylic acids is 1. The molecule has 0 saturated carbocycles. The van der Waals surface area contributed by atoms with E-state index in [-0.39, 0.29) is 25.5 Å². The Bertz CT molecular complexity index is 600. The van der Waals surface area contributed by atoms with Crippen molar-refractivity contribution >= 4 is 17.8 Å². The van der Waals surface area contributed by atoms with Crippen LogP contribution in [0.5, 0.6) is 0 Å². The van der Waals surface area contributed by atoms with Crippen molar-refractivity contribution in [2.75, 3.05) is 20.3 Å². The smallest absolute Gasteiger partial charge is 0.328 e. The van der Waals surface area contributed by atoms with Gasteiger partial charge >= 0.3 is 5.97 Å². The minimum Gasteiger partial charge on any atom is -0.480 e. The minimum absolute atomic E-state index is 0.114. The van der Waals surface area contributed by atoms with E-state index in [0.29, 0.717) is 12.0 Å². The maximum atomic E-state index is 11.9. The van der Waals surface area contributed by atoms with Crippen LogP contribution < -0.4 is 10.6 Å². The predicted molar refractivity (Wildman–Crippen MR) is 88.7 cm³/mol. The van der Waals surface area contributed by atoms with Gasteiger partial charge in [-0.05, 0) is 24.1 Å². The monoisotopic (exact) mass is 334 g/mol. The number of carbonyl (C=O) groups is 3. The minimum atomic E-state index is -1.16.